The summed E-state index contributed by atoms with van der Waals surface area (Å²) in [7, 11) is 0. The van der Waals surface area contributed by atoms with Gasteiger partial charge in [-0.15, -0.1) is 0 Å². The van der Waals surface area contributed by atoms with E-state index in [2.05, 4.69) is 5.10 Å². The Labute approximate surface area is 161 Å². The monoisotopic (exact) mass is 386 g/mol. The lowest BCUT2D eigenvalue weighted by molar-refractivity contribution is -0.386. The van der Waals surface area contributed by atoms with Gasteiger partial charge in [-0.2, -0.15) is 5.10 Å². The zero-order valence-electron chi connectivity index (χ0n) is 15.7. The van der Waals surface area contributed by atoms with Crippen molar-refractivity contribution in [1.82, 2.24) is 14.7 Å². The van der Waals surface area contributed by atoms with Crippen molar-refractivity contribution < 1.29 is 19.6 Å². The summed E-state index contributed by atoms with van der Waals surface area (Å²) in [4.78, 5) is 36.5. The molecular formula is C19H22N4O5. The number of nitrogens with zero attached hydrogens (tertiary/aromatic N) is 4. The molecule has 1 saturated heterocycles. The van der Waals surface area contributed by atoms with Gasteiger partial charge in [-0.05, 0) is 19.4 Å². The van der Waals surface area contributed by atoms with Gasteiger partial charge >= 0.3 is 11.7 Å². The molecule has 28 heavy (non-hydrogen) atoms. The van der Waals surface area contributed by atoms with Crippen LogP contribution in [0.2, 0.25) is 0 Å². The topological polar surface area (TPSA) is 119 Å². The van der Waals surface area contributed by atoms with Crippen LogP contribution in [0.1, 0.15) is 29.3 Å². The maximum absolute atomic E-state index is 12.7. The number of aryl methyl sites for hydroxylation is 2. The van der Waals surface area contributed by atoms with Crippen LogP contribution in [0, 0.1) is 29.9 Å². The fraction of sp³-hybridized carbons (Fsp3) is 0.421. The largest absolute Gasteiger partial charge is 0.481 e. The molecule has 1 fully saturated rings. The molecule has 9 nitrogen and oxygen atoms in total. The molecule has 1 aliphatic rings. The van der Waals surface area contributed by atoms with Crippen LogP contribution in [-0.4, -0.2) is 49.7 Å². The van der Waals surface area contributed by atoms with Crippen LogP contribution in [0.4, 0.5) is 5.69 Å². The van der Waals surface area contributed by atoms with Gasteiger partial charge in [0, 0.05) is 25.4 Å². The number of carboxylic acid groups (broad SMARTS) is 1. The average Bonchev–Trinajstić information content (AvgIpc) is 3.22. The molecule has 0 bridgehead atoms. The summed E-state index contributed by atoms with van der Waals surface area (Å²) < 4.78 is 1.46. The van der Waals surface area contributed by atoms with Gasteiger partial charge in [0.15, 0.2) is 0 Å². The number of amides is 1. The minimum atomic E-state index is -0.918. The number of nitro groups is 1. The van der Waals surface area contributed by atoms with Gasteiger partial charge in [-0.1, -0.05) is 30.3 Å². The molecule has 0 radical (unpaired) electrons. The van der Waals surface area contributed by atoms with Gasteiger partial charge in [-0.25, -0.2) is 0 Å². The maximum atomic E-state index is 12.7. The van der Waals surface area contributed by atoms with Crippen LogP contribution < -0.4 is 0 Å². The van der Waals surface area contributed by atoms with E-state index in [1.165, 1.54) is 4.68 Å². The van der Waals surface area contributed by atoms with Crippen LogP contribution in [0.3, 0.4) is 0 Å². The van der Waals surface area contributed by atoms with Crippen molar-refractivity contribution >= 4 is 17.6 Å². The van der Waals surface area contributed by atoms with Crippen molar-refractivity contribution in [2.75, 3.05) is 13.1 Å². The first-order chi connectivity index (χ1) is 13.3. The van der Waals surface area contributed by atoms with E-state index in [1.807, 2.05) is 30.3 Å². The highest BCUT2D eigenvalue weighted by Crippen LogP contribution is 2.33. The van der Waals surface area contributed by atoms with Crippen LogP contribution in [0.25, 0.3) is 0 Å². The summed E-state index contributed by atoms with van der Waals surface area (Å²) >= 11 is 0. The van der Waals surface area contributed by atoms with E-state index >= 15 is 0 Å². The van der Waals surface area contributed by atoms with Crippen LogP contribution in [-0.2, 0) is 16.1 Å². The second kappa shape index (κ2) is 7.79. The van der Waals surface area contributed by atoms with E-state index in [0.717, 1.165) is 5.56 Å². The Bertz CT molecular complexity index is 909. The number of hydrogen-bond acceptors (Lipinski definition) is 5. The minimum absolute atomic E-state index is 0.0382. The van der Waals surface area contributed by atoms with E-state index in [4.69, 9.17) is 0 Å². The quantitative estimate of drug-likeness (QED) is 0.600. The molecule has 1 aliphatic heterocycles. The summed E-state index contributed by atoms with van der Waals surface area (Å²) in [6.45, 7) is 3.88. The van der Waals surface area contributed by atoms with Crippen molar-refractivity contribution in [3.8, 4) is 0 Å². The van der Waals surface area contributed by atoms with Crippen molar-refractivity contribution in [2.24, 2.45) is 5.92 Å². The summed E-state index contributed by atoms with van der Waals surface area (Å²) in [5.41, 5.74) is 1.58. The number of rotatable bonds is 6. The predicted octanol–water partition coefficient (Wildman–Crippen LogP) is 2.13. The summed E-state index contributed by atoms with van der Waals surface area (Å²) in [5, 5.41) is 24.8. The molecule has 2 aromatic rings. The summed E-state index contributed by atoms with van der Waals surface area (Å²) in [6, 6.07) is 9.33. The van der Waals surface area contributed by atoms with Crippen LogP contribution in [0.5, 0.6) is 0 Å². The number of carboxylic acids is 1. The van der Waals surface area contributed by atoms with Crippen molar-refractivity contribution in [2.45, 2.75) is 32.7 Å². The molecule has 0 saturated carbocycles. The lowest BCUT2D eigenvalue weighted by Crippen LogP contribution is -2.30. The highest BCUT2D eigenvalue weighted by Gasteiger charge is 2.40. The van der Waals surface area contributed by atoms with Crippen molar-refractivity contribution in [3.63, 3.8) is 0 Å². The Balaban J connectivity index is 1.69. The van der Waals surface area contributed by atoms with E-state index in [0.29, 0.717) is 17.9 Å². The van der Waals surface area contributed by atoms with E-state index in [1.54, 1.807) is 18.7 Å². The molecule has 0 spiro atoms. The number of aliphatic carboxylic acids is 1. The third-order valence-corrected chi connectivity index (χ3v) is 5.28. The van der Waals surface area contributed by atoms with Gasteiger partial charge in [0.05, 0.1) is 17.4 Å². The molecule has 2 heterocycles. The normalized spacial score (nSPS) is 19.0. The molecule has 9 heteroatoms. The van der Waals surface area contributed by atoms with E-state index in [-0.39, 0.29) is 37.0 Å². The Morgan fingerprint density at radius 2 is 1.93 bits per heavy atom. The van der Waals surface area contributed by atoms with Crippen molar-refractivity contribution in [1.29, 1.82) is 0 Å². The fourth-order valence-electron chi connectivity index (χ4n) is 3.82. The molecule has 1 aromatic heterocycles. The number of benzene rings is 1. The smallest absolute Gasteiger partial charge is 0.312 e. The lowest BCUT2D eigenvalue weighted by Gasteiger charge is -2.16. The van der Waals surface area contributed by atoms with Crippen molar-refractivity contribution in [3.05, 3.63) is 57.4 Å². The first kappa shape index (κ1) is 19.5. The SMILES string of the molecule is Cc1nn(CCC(=O)N2C[C@H](C(=O)O)[C@H](c3ccccc3)C2)c(C)c1[N+](=O)[O-]. The highest BCUT2D eigenvalue weighted by atomic mass is 16.6. The molecule has 2 atom stereocenters. The molecule has 0 aliphatic carbocycles. The van der Waals surface area contributed by atoms with Gasteiger partial charge in [-0.3, -0.25) is 24.4 Å². The zero-order chi connectivity index (χ0) is 20.4. The first-order valence-electron chi connectivity index (χ1n) is 9.03. The molecular weight excluding hydrogens is 364 g/mol. The zero-order valence-corrected chi connectivity index (χ0v) is 15.7. The molecule has 1 aromatic carbocycles. The molecule has 1 N–H and O–H groups in total. The molecule has 1 amide bonds. The Hall–Kier alpha value is -3.23. The van der Waals surface area contributed by atoms with E-state index in [9.17, 15) is 24.8 Å². The average molecular weight is 386 g/mol. The van der Waals surface area contributed by atoms with Gasteiger partial charge < -0.3 is 10.0 Å². The lowest BCUT2D eigenvalue weighted by atomic mass is 9.89. The predicted molar refractivity (Wildman–Crippen MR) is 99.9 cm³/mol. The van der Waals surface area contributed by atoms with E-state index < -0.39 is 16.8 Å². The Morgan fingerprint density at radius 1 is 1.25 bits per heavy atom. The number of carbonyl (C=O) groups excluding carboxylic acids is 1. The third-order valence-electron chi connectivity index (χ3n) is 5.28. The Kier molecular flexibility index (Phi) is 5.43. The molecule has 0 unspecified atom stereocenters. The maximum Gasteiger partial charge on any atom is 0.312 e. The molecule has 3 rings (SSSR count). The number of aromatic nitrogens is 2. The standard InChI is InChI=1S/C19H22N4O5/c1-12-18(23(27)28)13(2)22(20-12)9-8-17(24)21-10-15(16(11-21)19(25)26)14-6-4-3-5-7-14/h3-7,15-16H,8-11H2,1-2H3,(H,25,26)/t15-,16-/m0/s1. The second-order valence-electron chi connectivity index (χ2n) is 7.01. The highest BCUT2D eigenvalue weighted by molar-refractivity contribution is 5.79. The third kappa shape index (κ3) is 3.73. The van der Waals surface area contributed by atoms with Crippen LogP contribution in [0.15, 0.2) is 30.3 Å². The number of carbonyl (C=O) groups is 2. The Morgan fingerprint density at radius 3 is 2.50 bits per heavy atom. The second-order valence-corrected chi connectivity index (χ2v) is 7.01. The summed E-state index contributed by atoms with van der Waals surface area (Å²) in [5.74, 6) is -2.00. The van der Waals surface area contributed by atoms with Crippen LogP contribution >= 0.6 is 0 Å². The first-order valence-corrected chi connectivity index (χ1v) is 9.03. The minimum Gasteiger partial charge on any atom is -0.481 e. The van der Waals surface area contributed by atoms with Gasteiger partial charge in [0.2, 0.25) is 5.91 Å². The van der Waals surface area contributed by atoms with Gasteiger partial charge in [0.1, 0.15) is 11.4 Å². The number of hydrogen-bond donors (Lipinski definition) is 1. The number of likely N-dealkylation sites (tertiary alicyclic amines) is 1. The van der Waals surface area contributed by atoms with Gasteiger partial charge in [0.25, 0.3) is 0 Å². The fourth-order valence-corrected chi connectivity index (χ4v) is 3.82. The summed E-state index contributed by atoms with van der Waals surface area (Å²) in [6.07, 6.45) is 0.104. The molecule has 148 valence electrons.